The number of H-pyrrole nitrogens is 1. The van der Waals surface area contributed by atoms with Crippen LogP contribution in [-0.4, -0.2) is 52.1 Å². The van der Waals surface area contributed by atoms with E-state index in [0.717, 1.165) is 50.2 Å². The number of halogens is 1. The normalized spacial score (nSPS) is 15.5. The highest BCUT2D eigenvalue weighted by molar-refractivity contribution is 6.31. The van der Waals surface area contributed by atoms with Gasteiger partial charge in [0.25, 0.3) is 0 Å². The van der Waals surface area contributed by atoms with Gasteiger partial charge in [0.2, 0.25) is 0 Å². The van der Waals surface area contributed by atoms with Gasteiger partial charge in [-0.05, 0) is 42.3 Å². The van der Waals surface area contributed by atoms with Crippen molar-refractivity contribution in [3.05, 3.63) is 105 Å². The molecule has 2 heterocycles. The SMILES string of the molecule is O=c1[nH]c2cc(Cl)ccc2n1CCCN1CCN(C(c2ccccc2)c2ccccc2)CC1. The van der Waals surface area contributed by atoms with Crippen molar-refractivity contribution in [3.8, 4) is 0 Å². The number of fused-ring (bicyclic) bond motifs is 1. The molecule has 0 unspecified atom stereocenters. The Morgan fingerprint density at radius 3 is 2.09 bits per heavy atom. The molecule has 3 aromatic carbocycles. The van der Waals surface area contributed by atoms with Crippen LogP contribution in [0.2, 0.25) is 5.02 Å². The van der Waals surface area contributed by atoms with E-state index in [-0.39, 0.29) is 11.7 Å². The molecule has 0 atom stereocenters. The Kier molecular flexibility index (Phi) is 6.63. The van der Waals surface area contributed by atoms with Crippen molar-refractivity contribution in [3.63, 3.8) is 0 Å². The number of nitrogens with zero attached hydrogens (tertiary/aromatic N) is 3. The highest BCUT2D eigenvalue weighted by atomic mass is 35.5. The molecule has 170 valence electrons. The topological polar surface area (TPSA) is 44.3 Å². The Bertz CT molecular complexity index is 1200. The first-order valence-corrected chi connectivity index (χ1v) is 12.0. The van der Waals surface area contributed by atoms with E-state index in [9.17, 15) is 4.79 Å². The smallest absolute Gasteiger partial charge is 0.305 e. The lowest BCUT2D eigenvalue weighted by Crippen LogP contribution is -2.48. The molecule has 0 spiro atoms. The highest BCUT2D eigenvalue weighted by Gasteiger charge is 2.26. The fourth-order valence-corrected chi connectivity index (χ4v) is 5.11. The van der Waals surface area contributed by atoms with Crippen molar-refractivity contribution in [1.29, 1.82) is 0 Å². The second kappa shape index (κ2) is 9.96. The van der Waals surface area contributed by atoms with Gasteiger partial charge in [0.1, 0.15) is 0 Å². The van der Waals surface area contributed by atoms with E-state index in [0.29, 0.717) is 11.6 Å². The summed E-state index contributed by atoms with van der Waals surface area (Å²) in [6.45, 7) is 5.82. The van der Waals surface area contributed by atoms with Crippen LogP contribution < -0.4 is 5.69 Å². The molecule has 0 radical (unpaired) electrons. The summed E-state index contributed by atoms with van der Waals surface area (Å²) in [5, 5.41) is 0.637. The fraction of sp³-hybridized carbons (Fsp3) is 0.296. The minimum Gasteiger partial charge on any atom is -0.305 e. The molecule has 1 aliphatic rings. The number of benzene rings is 3. The van der Waals surface area contributed by atoms with E-state index < -0.39 is 0 Å². The molecule has 1 fully saturated rings. The first kappa shape index (κ1) is 22.0. The van der Waals surface area contributed by atoms with E-state index in [2.05, 4.69) is 75.4 Å². The van der Waals surface area contributed by atoms with Crippen LogP contribution in [0.25, 0.3) is 11.0 Å². The molecule has 4 aromatic rings. The van der Waals surface area contributed by atoms with Gasteiger partial charge in [0.15, 0.2) is 0 Å². The Balaban J connectivity index is 1.20. The van der Waals surface area contributed by atoms with Crippen LogP contribution >= 0.6 is 11.6 Å². The average molecular weight is 461 g/mol. The van der Waals surface area contributed by atoms with Crippen molar-refractivity contribution in [2.24, 2.45) is 0 Å². The standard InChI is InChI=1S/C27H29ClN4O/c28-23-12-13-25-24(20-23)29-27(33)32(25)15-7-14-30-16-18-31(19-17-30)26(21-8-3-1-4-9-21)22-10-5-2-6-11-22/h1-6,8-13,20,26H,7,14-19H2,(H,29,33). The molecule has 0 amide bonds. The van der Waals surface area contributed by atoms with Gasteiger partial charge in [-0.15, -0.1) is 0 Å². The predicted molar refractivity (Wildman–Crippen MR) is 135 cm³/mol. The fourth-order valence-electron chi connectivity index (χ4n) is 4.94. The monoisotopic (exact) mass is 460 g/mol. The van der Waals surface area contributed by atoms with Gasteiger partial charge < -0.3 is 9.88 Å². The van der Waals surface area contributed by atoms with Crippen molar-refractivity contribution >= 4 is 22.6 Å². The zero-order chi connectivity index (χ0) is 22.6. The van der Waals surface area contributed by atoms with Gasteiger partial charge in [-0.25, -0.2) is 4.79 Å². The largest absolute Gasteiger partial charge is 0.326 e. The van der Waals surface area contributed by atoms with E-state index in [1.165, 1.54) is 11.1 Å². The lowest BCUT2D eigenvalue weighted by atomic mass is 9.96. The molecule has 5 nitrogen and oxygen atoms in total. The number of aromatic amines is 1. The van der Waals surface area contributed by atoms with Gasteiger partial charge in [0, 0.05) is 37.7 Å². The van der Waals surface area contributed by atoms with Gasteiger partial charge in [-0.2, -0.15) is 0 Å². The summed E-state index contributed by atoms with van der Waals surface area (Å²) in [6.07, 6.45) is 0.941. The van der Waals surface area contributed by atoms with E-state index in [1.807, 2.05) is 22.8 Å². The molecule has 0 saturated carbocycles. The summed E-state index contributed by atoms with van der Waals surface area (Å²) in [5.74, 6) is 0. The van der Waals surface area contributed by atoms with Crippen LogP contribution in [-0.2, 0) is 6.54 Å². The molecule has 5 rings (SSSR count). The van der Waals surface area contributed by atoms with Crippen LogP contribution in [0.15, 0.2) is 83.7 Å². The van der Waals surface area contributed by atoms with Gasteiger partial charge in [-0.3, -0.25) is 9.47 Å². The van der Waals surface area contributed by atoms with Crippen molar-refractivity contribution < 1.29 is 0 Å². The molecule has 1 aromatic heterocycles. The lowest BCUT2D eigenvalue weighted by Gasteiger charge is -2.39. The minimum atomic E-state index is -0.0642. The number of aryl methyl sites for hydroxylation is 1. The van der Waals surface area contributed by atoms with Crippen LogP contribution in [0.4, 0.5) is 0 Å². The quantitative estimate of drug-likeness (QED) is 0.431. The number of nitrogens with one attached hydrogen (secondary N) is 1. The summed E-state index contributed by atoms with van der Waals surface area (Å²) >= 11 is 6.06. The van der Waals surface area contributed by atoms with E-state index in [4.69, 9.17) is 11.6 Å². The maximum absolute atomic E-state index is 12.4. The molecule has 6 heteroatoms. The summed E-state index contributed by atoms with van der Waals surface area (Å²) < 4.78 is 1.82. The molecule has 1 N–H and O–H groups in total. The van der Waals surface area contributed by atoms with E-state index in [1.54, 1.807) is 0 Å². The summed E-state index contributed by atoms with van der Waals surface area (Å²) in [6, 6.07) is 27.4. The number of piperazine rings is 1. The Hall–Kier alpha value is -2.86. The van der Waals surface area contributed by atoms with Gasteiger partial charge >= 0.3 is 5.69 Å². The van der Waals surface area contributed by atoms with Crippen molar-refractivity contribution in [1.82, 2.24) is 19.4 Å². The minimum absolute atomic E-state index is 0.0642. The maximum Gasteiger partial charge on any atom is 0.326 e. The zero-order valence-corrected chi connectivity index (χ0v) is 19.4. The van der Waals surface area contributed by atoms with Gasteiger partial charge in [0.05, 0.1) is 17.1 Å². The highest BCUT2D eigenvalue weighted by Crippen LogP contribution is 2.29. The summed E-state index contributed by atoms with van der Waals surface area (Å²) in [4.78, 5) is 20.4. The summed E-state index contributed by atoms with van der Waals surface area (Å²) in [7, 11) is 0. The van der Waals surface area contributed by atoms with Crippen LogP contribution in [0.1, 0.15) is 23.6 Å². The number of aromatic nitrogens is 2. The number of imidazole rings is 1. The lowest BCUT2D eigenvalue weighted by molar-refractivity contribution is 0.108. The molecular weight excluding hydrogens is 432 g/mol. The maximum atomic E-state index is 12.4. The Morgan fingerprint density at radius 1 is 0.818 bits per heavy atom. The molecular formula is C27H29ClN4O. The van der Waals surface area contributed by atoms with Crippen molar-refractivity contribution in [2.75, 3.05) is 32.7 Å². The molecule has 0 bridgehead atoms. The average Bonchev–Trinajstić information content (AvgIpc) is 3.15. The van der Waals surface area contributed by atoms with Crippen LogP contribution in [0.5, 0.6) is 0 Å². The van der Waals surface area contributed by atoms with E-state index >= 15 is 0 Å². The van der Waals surface area contributed by atoms with Crippen LogP contribution in [0.3, 0.4) is 0 Å². The third-order valence-electron chi connectivity index (χ3n) is 6.59. The Morgan fingerprint density at radius 2 is 1.45 bits per heavy atom. The second-order valence-corrected chi connectivity index (χ2v) is 9.13. The van der Waals surface area contributed by atoms with Gasteiger partial charge in [-0.1, -0.05) is 72.3 Å². The molecule has 1 saturated heterocycles. The van der Waals surface area contributed by atoms with Crippen LogP contribution in [0, 0.1) is 0 Å². The third kappa shape index (κ3) is 4.91. The Labute approximate surface area is 199 Å². The first-order chi connectivity index (χ1) is 16.2. The molecule has 0 aliphatic carbocycles. The first-order valence-electron chi connectivity index (χ1n) is 11.6. The molecule has 33 heavy (non-hydrogen) atoms. The zero-order valence-electron chi connectivity index (χ0n) is 18.7. The molecule has 1 aliphatic heterocycles. The number of hydrogen-bond donors (Lipinski definition) is 1. The second-order valence-electron chi connectivity index (χ2n) is 8.70. The van der Waals surface area contributed by atoms with Crippen molar-refractivity contribution in [2.45, 2.75) is 19.0 Å². The predicted octanol–water partition coefficient (Wildman–Crippen LogP) is 4.78. The summed E-state index contributed by atoms with van der Waals surface area (Å²) in [5.41, 5.74) is 4.34. The number of hydrogen-bond acceptors (Lipinski definition) is 3. The third-order valence-corrected chi connectivity index (χ3v) is 6.83. The number of rotatable bonds is 7.